The van der Waals surface area contributed by atoms with Gasteiger partial charge in [0.2, 0.25) is 0 Å². The third-order valence-electron chi connectivity index (χ3n) is 4.36. The Morgan fingerprint density at radius 3 is 2.83 bits per heavy atom. The average Bonchev–Trinajstić information content (AvgIpc) is 3.32. The molecule has 8 heteroatoms. The molecule has 0 radical (unpaired) electrons. The maximum Gasteiger partial charge on any atom is 0.270 e. The van der Waals surface area contributed by atoms with Gasteiger partial charge < -0.3 is 9.40 Å². The summed E-state index contributed by atoms with van der Waals surface area (Å²) in [7, 11) is 0. The number of halogens is 1. The van der Waals surface area contributed by atoms with Crippen molar-refractivity contribution in [2.45, 2.75) is 6.92 Å². The van der Waals surface area contributed by atoms with Crippen molar-refractivity contribution in [1.29, 1.82) is 5.26 Å². The van der Waals surface area contributed by atoms with Gasteiger partial charge in [-0.05, 0) is 42.8 Å². The number of nitrogens with zero attached hydrogens (tertiary/aromatic N) is 3. The van der Waals surface area contributed by atoms with Gasteiger partial charge in [0.15, 0.2) is 0 Å². The third kappa shape index (κ3) is 3.61. The number of imidazole rings is 1. The molecule has 4 aromatic rings. The number of hydrogen-bond acceptors (Lipinski definition) is 5. The molecule has 0 unspecified atom stereocenters. The summed E-state index contributed by atoms with van der Waals surface area (Å²) in [5.74, 6) is 1.32. The molecule has 0 aliphatic carbocycles. The number of rotatable bonds is 4. The molecular weight excluding hydrogens is 392 g/mol. The van der Waals surface area contributed by atoms with E-state index < -0.39 is 4.92 Å². The number of aromatic nitrogens is 2. The van der Waals surface area contributed by atoms with Crippen molar-refractivity contribution in [1.82, 2.24) is 9.97 Å². The van der Waals surface area contributed by atoms with E-state index in [1.165, 1.54) is 18.2 Å². The largest absolute Gasteiger partial charge is 0.457 e. The van der Waals surface area contributed by atoms with E-state index in [1.807, 2.05) is 25.1 Å². The number of hydrogen-bond donors (Lipinski definition) is 1. The molecule has 2 aromatic carbocycles. The van der Waals surface area contributed by atoms with Crippen LogP contribution in [0.1, 0.15) is 17.1 Å². The Hall–Kier alpha value is -3.89. The molecule has 1 N–H and O–H groups in total. The van der Waals surface area contributed by atoms with Gasteiger partial charge in [-0.2, -0.15) is 5.26 Å². The molecule has 29 heavy (non-hydrogen) atoms. The molecule has 2 aromatic heterocycles. The molecule has 0 bridgehead atoms. The van der Waals surface area contributed by atoms with Crippen LogP contribution in [0.3, 0.4) is 0 Å². The van der Waals surface area contributed by atoms with Crippen LogP contribution in [0.5, 0.6) is 0 Å². The van der Waals surface area contributed by atoms with Crippen LogP contribution in [-0.2, 0) is 0 Å². The van der Waals surface area contributed by atoms with E-state index in [2.05, 4.69) is 16.0 Å². The summed E-state index contributed by atoms with van der Waals surface area (Å²) in [4.78, 5) is 17.9. The van der Waals surface area contributed by atoms with Gasteiger partial charge in [0, 0.05) is 23.8 Å². The molecule has 142 valence electrons. The lowest BCUT2D eigenvalue weighted by atomic mass is 10.1. The summed E-state index contributed by atoms with van der Waals surface area (Å²) < 4.78 is 5.77. The number of allylic oxidation sites excluding steroid dienone is 1. The zero-order valence-corrected chi connectivity index (χ0v) is 15.9. The van der Waals surface area contributed by atoms with Gasteiger partial charge in [0.1, 0.15) is 23.4 Å². The topological polar surface area (TPSA) is 109 Å². The van der Waals surface area contributed by atoms with Crippen molar-refractivity contribution >= 4 is 40.0 Å². The van der Waals surface area contributed by atoms with Crippen molar-refractivity contribution in [3.63, 3.8) is 0 Å². The molecule has 0 saturated carbocycles. The second kappa shape index (κ2) is 7.26. The molecule has 2 heterocycles. The van der Waals surface area contributed by atoms with Crippen LogP contribution >= 0.6 is 11.6 Å². The summed E-state index contributed by atoms with van der Waals surface area (Å²) >= 11 is 6.16. The number of benzene rings is 2. The normalized spacial score (nSPS) is 11.6. The van der Waals surface area contributed by atoms with Crippen LogP contribution in [0.2, 0.25) is 5.02 Å². The van der Waals surface area contributed by atoms with Gasteiger partial charge in [-0.25, -0.2) is 4.98 Å². The minimum atomic E-state index is -0.514. The fourth-order valence-corrected chi connectivity index (χ4v) is 3.21. The summed E-state index contributed by atoms with van der Waals surface area (Å²) in [5, 5.41) is 20.6. The summed E-state index contributed by atoms with van der Waals surface area (Å²) in [6.45, 7) is 1.98. The summed E-state index contributed by atoms with van der Waals surface area (Å²) in [6.07, 6.45) is 1.58. The fourth-order valence-electron chi connectivity index (χ4n) is 2.94. The van der Waals surface area contributed by atoms with Gasteiger partial charge in [-0.15, -0.1) is 0 Å². The van der Waals surface area contributed by atoms with E-state index in [9.17, 15) is 15.4 Å². The Bertz CT molecular complexity index is 1330. The van der Waals surface area contributed by atoms with Crippen molar-refractivity contribution in [2.75, 3.05) is 0 Å². The number of aromatic amines is 1. The highest BCUT2D eigenvalue weighted by Crippen LogP contribution is 2.33. The highest BCUT2D eigenvalue weighted by molar-refractivity contribution is 6.33. The third-order valence-corrected chi connectivity index (χ3v) is 4.67. The van der Waals surface area contributed by atoms with Crippen molar-refractivity contribution < 1.29 is 9.34 Å². The molecular formula is C21H13ClN4O3. The van der Waals surface area contributed by atoms with Crippen LogP contribution in [0, 0.1) is 28.4 Å². The minimum absolute atomic E-state index is 0.0997. The molecule has 0 spiro atoms. The minimum Gasteiger partial charge on any atom is -0.457 e. The first-order valence-electron chi connectivity index (χ1n) is 8.57. The van der Waals surface area contributed by atoms with Gasteiger partial charge in [0.05, 0.1) is 26.6 Å². The SMILES string of the molecule is Cc1ccc2nc(/C(C#N)=C\c3ccc(-c4ccc([N+](=O)[O-])cc4Cl)o3)[nH]c2c1. The Labute approximate surface area is 170 Å². The van der Waals surface area contributed by atoms with Crippen molar-refractivity contribution in [3.05, 3.63) is 80.8 Å². The first-order chi connectivity index (χ1) is 13.9. The lowest BCUT2D eigenvalue weighted by molar-refractivity contribution is -0.384. The number of nitro groups is 1. The Balaban J connectivity index is 1.68. The summed E-state index contributed by atoms with van der Waals surface area (Å²) in [5.41, 5.74) is 3.44. The highest BCUT2D eigenvalue weighted by atomic mass is 35.5. The predicted molar refractivity (Wildman–Crippen MR) is 110 cm³/mol. The van der Waals surface area contributed by atoms with Crippen LogP contribution < -0.4 is 0 Å². The number of nitriles is 1. The van der Waals surface area contributed by atoms with Gasteiger partial charge in [0.25, 0.3) is 5.69 Å². The lowest BCUT2D eigenvalue weighted by Crippen LogP contribution is -1.88. The van der Waals surface area contributed by atoms with Crippen LogP contribution in [-0.4, -0.2) is 14.9 Å². The molecule has 4 rings (SSSR count). The number of furan rings is 1. The van der Waals surface area contributed by atoms with E-state index in [0.717, 1.165) is 16.6 Å². The highest BCUT2D eigenvalue weighted by Gasteiger charge is 2.14. The second-order valence-corrected chi connectivity index (χ2v) is 6.81. The van der Waals surface area contributed by atoms with E-state index in [-0.39, 0.29) is 10.7 Å². The van der Waals surface area contributed by atoms with E-state index in [0.29, 0.717) is 28.5 Å². The maximum absolute atomic E-state index is 10.9. The number of fused-ring (bicyclic) bond motifs is 1. The standard InChI is InChI=1S/C21H13ClN4O3/c1-12-2-6-18-19(8-12)25-21(24-18)13(11-23)9-15-4-7-20(29-15)16-5-3-14(26(27)28)10-17(16)22/h2-10H,1H3,(H,24,25)/b13-9-. The van der Waals surface area contributed by atoms with Crippen molar-refractivity contribution in [2.24, 2.45) is 0 Å². The van der Waals surface area contributed by atoms with Crippen LogP contribution in [0.25, 0.3) is 34.0 Å². The average molecular weight is 405 g/mol. The van der Waals surface area contributed by atoms with Gasteiger partial charge >= 0.3 is 0 Å². The van der Waals surface area contributed by atoms with E-state index in [1.54, 1.807) is 18.2 Å². The maximum atomic E-state index is 10.9. The second-order valence-electron chi connectivity index (χ2n) is 6.40. The zero-order chi connectivity index (χ0) is 20.5. The smallest absolute Gasteiger partial charge is 0.270 e. The van der Waals surface area contributed by atoms with Crippen LogP contribution in [0.15, 0.2) is 52.9 Å². The first-order valence-corrected chi connectivity index (χ1v) is 8.95. The van der Waals surface area contributed by atoms with Crippen molar-refractivity contribution in [3.8, 4) is 17.4 Å². The quantitative estimate of drug-likeness (QED) is 0.264. The van der Waals surface area contributed by atoms with Gasteiger partial charge in [-0.3, -0.25) is 10.1 Å². The Morgan fingerprint density at radius 1 is 1.28 bits per heavy atom. The Kier molecular flexibility index (Phi) is 4.63. The molecule has 0 aliphatic rings. The molecule has 0 saturated heterocycles. The number of nitrogens with one attached hydrogen (secondary N) is 1. The van der Waals surface area contributed by atoms with Gasteiger partial charge in [-0.1, -0.05) is 17.7 Å². The first kappa shape index (κ1) is 18.5. The number of aryl methyl sites for hydroxylation is 1. The summed E-state index contributed by atoms with van der Waals surface area (Å²) in [6, 6.07) is 15.5. The lowest BCUT2D eigenvalue weighted by Gasteiger charge is -2.00. The fraction of sp³-hybridized carbons (Fsp3) is 0.0476. The predicted octanol–water partition coefficient (Wildman–Crippen LogP) is 5.76. The van der Waals surface area contributed by atoms with E-state index in [4.69, 9.17) is 16.0 Å². The molecule has 0 aliphatic heterocycles. The van der Waals surface area contributed by atoms with Crippen LogP contribution in [0.4, 0.5) is 5.69 Å². The monoisotopic (exact) mass is 404 g/mol. The van der Waals surface area contributed by atoms with E-state index >= 15 is 0 Å². The Morgan fingerprint density at radius 2 is 2.10 bits per heavy atom. The molecule has 0 atom stereocenters. The molecule has 0 amide bonds. The number of non-ortho nitro benzene ring substituents is 1. The number of nitro benzene ring substituents is 1. The molecule has 7 nitrogen and oxygen atoms in total. The number of H-pyrrole nitrogens is 1. The molecule has 0 fully saturated rings. The zero-order valence-electron chi connectivity index (χ0n) is 15.1.